The third kappa shape index (κ3) is 3.24. The van der Waals surface area contributed by atoms with E-state index in [1.54, 1.807) is 4.90 Å². The molecule has 0 radical (unpaired) electrons. The molecule has 3 heterocycles. The number of amides is 1. The number of nitrogens with two attached hydrogens (primary N) is 1. The van der Waals surface area contributed by atoms with Gasteiger partial charge in [0.15, 0.2) is 5.75 Å². The van der Waals surface area contributed by atoms with Crippen LogP contribution < -0.4 is 15.8 Å². The van der Waals surface area contributed by atoms with E-state index in [2.05, 4.69) is 5.32 Å². The Kier molecular flexibility index (Phi) is 5.20. The van der Waals surface area contributed by atoms with Crippen LogP contribution in [0.25, 0.3) is 21.2 Å². The summed E-state index contributed by atoms with van der Waals surface area (Å²) < 4.78 is 36.1. The zero-order valence-corrected chi connectivity index (χ0v) is 19.2. The lowest BCUT2D eigenvalue weighted by molar-refractivity contribution is 0.0315. The van der Waals surface area contributed by atoms with Gasteiger partial charge in [-0.3, -0.25) is 4.79 Å². The van der Waals surface area contributed by atoms with Gasteiger partial charge in [-0.2, -0.15) is 5.26 Å². The number of hydrogen-bond acceptors (Lipinski definition) is 6. The highest BCUT2D eigenvalue weighted by Gasteiger charge is 2.41. The van der Waals surface area contributed by atoms with Crippen LogP contribution >= 0.6 is 22.9 Å². The van der Waals surface area contributed by atoms with Crippen LogP contribution in [0.5, 0.6) is 5.75 Å². The lowest BCUT2D eigenvalue weighted by Crippen LogP contribution is -2.62. The third-order valence-corrected chi connectivity index (χ3v) is 7.79. The van der Waals surface area contributed by atoms with E-state index in [0.717, 1.165) is 17.4 Å². The number of piperazine rings is 1. The predicted molar refractivity (Wildman–Crippen MR) is 124 cm³/mol. The van der Waals surface area contributed by atoms with Crippen molar-refractivity contribution in [3.05, 3.63) is 46.0 Å². The number of nitrogens with zero attached hydrogens (tertiary/aromatic N) is 2. The molecule has 0 spiro atoms. The zero-order chi connectivity index (χ0) is 23.5. The molecule has 0 aliphatic carbocycles. The van der Waals surface area contributed by atoms with E-state index in [1.807, 2.05) is 13.0 Å². The topological polar surface area (TPSA) is 91.4 Å². The predicted octanol–water partition coefficient (Wildman–Crippen LogP) is 4.54. The molecule has 1 fully saturated rings. The maximum atomic E-state index is 15.6. The first-order valence-corrected chi connectivity index (χ1v) is 11.5. The summed E-state index contributed by atoms with van der Waals surface area (Å²) in [5.41, 5.74) is 5.70. The number of carbonyl (C=O) groups is 1. The van der Waals surface area contributed by atoms with Crippen LogP contribution in [0.2, 0.25) is 5.02 Å². The van der Waals surface area contributed by atoms with Crippen molar-refractivity contribution in [2.24, 2.45) is 0 Å². The molecule has 1 aromatic heterocycles. The van der Waals surface area contributed by atoms with Gasteiger partial charge in [0, 0.05) is 37.0 Å². The molecular weight excluding hydrogens is 470 g/mol. The van der Waals surface area contributed by atoms with Crippen molar-refractivity contribution in [2.45, 2.75) is 18.9 Å². The average Bonchev–Trinajstić information content (AvgIpc) is 3.12. The van der Waals surface area contributed by atoms with Crippen LogP contribution in [0.15, 0.2) is 18.2 Å². The Labute approximate surface area is 197 Å². The second-order valence-electron chi connectivity index (χ2n) is 8.41. The molecule has 0 bridgehead atoms. The van der Waals surface area contributed by atoms with Crippen molar-refractivity contribution in [3.8, 4) is 22.9 Å². The van der Waals surface area contributed by atoms with Gasteiger partial charge in [0.25, 0.3) is 5.91 Å². The lowest BCUT2D eigenvalue weighted by Gasteiger charge is -2.46. The van der Waals surface area contributed by atoms with Gasteiger partial charge in [-0.15, -0.1) is 11.3 Å². The highest BCUT2D eigenvalue weighted by atomic mass is 35.5. The van der Waals surface area contributed by atoms with Crippen LogP contribution in [0.3, 0.4) is 0 Å². The normalized spacial score (nSPS) is 20.5. The smallest absolute Gasteiger partial charge is 0.258 e. The summed E-state index contributed by atoms with van der Waals surface area (Å²) in [4.78, 5) is 15.2. The zero-order valence-electron chi connectivity index (χ0n) is 17.6. The van der Waals surface area contributed by atoms with E-state index in [9.17, 15) is 14.4 Å². The molecule has 1 amide bonds. The number of halogens is 3. The number of rotatable bonds is 1. The molecule has 2 aliphatic rings. The molecule has 3 N–H and O–H groups in total. The number of thiophene rings is 1. The van der Waals surface area contributed by atoms with Gasteiger partial charge in [0.05, 0.1) is 33.0 Å². The minimum atomic E-state index is -0.769. The maximum Gasteiger partial charge on any atom is 0.258 e. The first kappa shape index (κ1) is 21.9. The van der Waals surface area contributed by atoms with Gasteiger partial charge in [0.1, 0.15) is 22.7 Å². The molecule has 170 valence electrons. The first-order chi connectivity index (χ1) is 15.8. The number of carbonyl (C=O) groups excluding carboxylic acids is 1. The van der Waals surface area contributed by atoms with E-state index in [1.165, 1.54) is 12.1 Å². The summed E-state index contributed by atoms with van der Waals surface area (Å²) in [5.74, 6) is -1.62. The minimum Gasteiger partial charge on any atom is -0.491 e. The van der Waals surface area contributed by atoms with Gasteiger partial charge in [-0.1, -0.05) is 17.7 Å². The van der Waals surface area contributed by atoms with Crippen molar-refractivity contribution >= 4 is 43.9 Å². The van der Waals surface area contributed by atoms with Crippen molar-refractivity contribution in [1.29, 1.82) is 5.26 Å². The highest BCUT2D eigenvalue weighted by molar-refractivity contribution is 7.23. The summed E-state index contributed by atoms with van der Waals surface area (Å²) in [7, 11) is 0. The number of fused-ring (bicyclic) bond motifs is 3. The molecule has 1 saturated heterocycles. The molecule has 1 atom stereocenters. The highest BCUT2D eigenvalue weighted by Crippen LogP contribution is 2.47. The van der Waals surface area contributed by atoms with Crippen molar-refractivity contribution in [1.82, 2.24) is 10.2 Å². The van der Waals surface area contributed by atoms with Crippen LogP contribution in [-0.2, 0) is 0 Å². The number of nitrogen functional groups attached to an aromatic ring is 1. The Hall–Kier alpha value is -2.93. The molecule has 0 saturated carbocycles. The first-order valence-electron chi connectivity index (χ1n) is 10.4. The SMILES string of the molecule is C[C@@]12CCOc3c(cc(F)c(-c4ccc(F)c5sc(N)c(C#N)c45)c3Cl)C(=O)N1CCNC2. The average molecular weight is 489 g/mol. The fourth-order valence-electron chi connectivity index (χ4n) is 4.66. The van der Waals surface area contributed by atoms with Gasteiger partial charge in [-0.05, 0) is 24.6 Å². The molecule has 2 aliphatic heterocycles. The number of hydrogen-bond donors (Lipinski definition) is 2. The van der Waals surface area contributed by atoms with Crippen LogP contribution in [0.1, 0.15) is 29.3 Å². The van der Waals surface area contributed by atoms with Gasteiger partial charge < -0.3 is 20.7 Å². The maximum absolute atomic E-state index is 15.6. The Morgan fingerprint density at radius 3 is 2.88 bits per heavy atom. The second-order valence-corrected chi connectivity index (χ2v) is 9.84. The third-order valence-electron chi connectivity index (χ3n) is 6.40. The van der Waals surface area contributed by atoms with Crippen LogP contribution in [0, 0.1) is 23.0 Å². The summed E-state index contributed by atoms with van der Waals surface area (Å²) in [5, 5.41) is 13.1. The number of nitrogens with one attached hydrogen (secondary N) is 1. The quantitative estimate of drug-likeness (QED) is 0.524. The number of ether oxygens (including phenoxy) is 1. The Morgan fingerprint density at radius 2 is 2.12 bits per heavy atom. The van der Waals surface area contributed by atoms with E-state index in [0.29, 0.717) is 26.1 Å². The molecule has 0 unspecified atom stereocenters. The fraction of sp³-hybridized carbons (Fsp3) is 0.304. The van der Waals surface area contributed by atoms with Crippen LogP contribution in [-0.4, -0.2) is 42.6 Å². The molecule has 10 heteroatoms. The monoisotopic (exact) mass is 488 g/mol. The Bertz CT molecular complexity index is 1370. The van der Waals surface area contributed by atoms with Gasteiger partial charge >= 0.3 is 0 Å². The van der Waals surface area contributed by atoms with E-state index in [4.69, 9.17) is 22.1 Å². The van der Waals surface area contributed by atoms with Gasteiger partial charge in [0.2, 0.25) is 0 Å². The minimum absolute atomic E-state index is 0.0396. The van der Waals surface area contributed by atoms with Crippen LogP contribution in [0.4, 0.5) is 13.8 Å². The van der Waals surface area contributed by atoms with E-state index >= 15 is 4.39 Å². The van der Waals surface area contributed by atoms with Crippen molar-refractivity contribution < 1.29 is 18.3 Å². The summed E-state index contributed by atoms with van der Waals surface area (Å²) >= 11 is 7.57. The van der Waals surface area contributed by atoms with Gasteiger partial charge in [-0.25, -0.2) is 8.78 Å². The number of anilines is 1. The molecule has 33 heavy (non-hydrogen) atoms. The summed E-state index contributed by atoms with van der Waals surface area (Å²) in [6.07, 6.45) is 0.564. The number of nitriles is 1. The second kappa shape index (κ2) is 7.83. The largest absolute Gasteiger partial charge is 0.491 e. The number of benzene rings is 2. The fourth-order valence-corrected chi connectivity index (χ4v) is 5.96. The summed E-state index contributed by atoms with van der Waals surface area (Å²) in [6.45, 7) is 3.96. The summed E-state index contributed by atoms with van der Waals surface area (Å²) in [6, 6.07) is 5.63. The molecular formula is C23H19ClF2N4O2S. The molecule has 3 aromatic rings. The Balaban J connectivity index is 1.74. The molecule has 2 aromatic carbocycles. The molecule has 5 rings (SSSR count). The lowest BCUT2D eigenvalue weighted by atomic mass is 9.90. The Morgan fingerprint density at radius 1 is 1.33 bits per heavy atom. The standard InChI is InChI=1S/C23H19ClF2N4O2S/c1-23-4-7-32-19-12(22(31)30(23)6-5-29-10-23)8-15(26)17(18(19)24)11-2-3-14(25)20-16(11)13(9-27)21(28)33-20/h2-3,8,29H,4-7,10,28H2,1H3/t23-/m0/s1. The van der Waals surface area contributed by atoms with E-state index < -0.39 is 17.2 Å². The molecule has 6 nitrogen and oxygen atoms in total. The van der Waals surface area contributed by atoms with E-state index in [-0.39, 0.29) is 60.6 Å². The van der Waals surface area contributed by atoms with Crippen molar-refractivity contribution in [2.75, 3.05) is 32.0 Å². The van der Waals surface area contributed by atoms with Crippen molar-refractivity contribution in [3.63, 3.8) is 0 Å².